The highest BCUT2D eigenvalue weighted by Crippen LogP contribution is 2.31. The average Bonchev–Trinajstić information content (AvgIpc) is 2.90. The van der Waals surface area contributed by atoms with Gasteiger partial charge >= 0.3 is 0 Å². The van der Waals surface area contributed by atoms with E-state index in [4.69, 9.17) is 0 Å². The van der Waals surface area contributed by atoms with Crippen LogP contribution in [0.15, 0.2) is 77.7 Å². The van der Waals surface area contributed by atoms with E-state index in [1.165, 1.54) is 6.07 Å². The topological polar surface area (TPSA) is 74.6 Å². The van der Waals surface area contributed by atoms with Crippen LogP contribution in [0.25, 0.3) is 0 Å². The van der Waals surface area contributed by atoms with Crippen LogP contribution in [0.2, 0.25) is 0 Å². The molecule has 1 aliphatic rings. The molecule has 2 aromatic carbocycles. The Bertz CT molecular complexity index is 1050. The number of nitrogens with zero attached hydrogens (tertiary/aromatic N) is 2. The van der Waals surface area contributed by atoms with Crippen LogP contribution in [0.4, 0.5) is 0 Å². The summed E-state index contributed by atoms with van der Waals surface area (Å²) in [4.78, 5) is 25.1. The summed E-state index contributed by atoms with van der Waals surface area (Å²) in [6.45, 7) is 4.60. The Morgan fingerprint density at radius 1 is 0.933 bits per heavy atom. The molecule has 30 heavy (non-hydrogen) atoms. The van der Waals surface area contributed by atoms with Crippen LogP contribution in [-0.2, 0) is 0 Å². The maximum Gasteiger partial charge on any atom is 0.274 e. The average molecular weight is 403 g/mol. The standard InChI is InChI=1S/C24H25N3O3/c1-16(2)19-15-27(26-14-13-20(28)23(29)22(26)24(30)25-19)21(17-9-5-3-6-10-17)18-11-7-4-8-12-18/h3-14,16,19,21,29H,15H2,1-2H3,(H,25,30)/t19-/m1/s1. The fourth-order valence-corrected chi connectivity index (χ4v) is 3.93. The summed E-state index contributed by atoms with van der Waals surface area (Å²) in [5.74, 6) is -0.831. The van der Waals surface area contributed by atoms with Gasteiger partial charge in [-0.1, -0.05) is 74.5 Å². The Balaban J connectivity index is 1.96. The first-order valence-corrected chi connectivity index (χ1v) is 10.1. The molecule has 6 nitrogen and oxygen atoms in total. The van der Waals surface area contributed by atoms with Gasteiger partial charge in [0.15, 0.2) is 11.4 Å². The van der Waals surface area contributed by atoms with Gasteiger partial charge in [-0.2, -0.15) is 0 Å². The Morgan fingerprint density at radius 2 is 1.50 bits per heavy atom. The number of nitrogens with one attached hydrogen (secondary N) is 1. The van der Waals surface area contributed by atoms with Crippen molar-refractivity contribution in [3.8, 4) is 5.75 Å². The minimum Gasteiger partial charge on any atom is -0.502 e. The maximum atomic E-state index is 13.0. The monoisotopic (exact) mass is 403 g/mol. The molecule has 0 radical (unpaired) electrons. The van der Waals surface area contributed by atoms with Crippen molar-refractivity contribution in [1.82, 2.24) is 9.99 Å². The smallest absolute Gasteiger partial charge is 0.274 e. The molecule has 0 unspecified atom stereocenters. The Kier molecular flexibility index (Phi) is 5.31. The van der Waals surface area contributed by atoms with Crippen LogP contribution >= 0.6 is 0 Å². The number of hydrogen-bond acceptors (Lipinski definition) is 4. The van der Waals surface area contributed by atoms with Crippen LogP contribution in [0.1, 0.15) is 41.5 Å². The molecule has 2 N–H and O–H groups in total. The van der Waals surface area contributed by atoms with Gasteiger partial charge in [0.1, 0.15) is 0 Å². The molecular weight excluding hydrogens is 378 g/mol. The highest BCUT2D eigenvalue weighted by atomic mass is 16.3. The zero-order valence-electron chi connectivity index (χ0n) is 17.0. The molecule has 2 heterocycles. The van der Waals surface area contributed by atoms with Crippen LogP contribution in [0, 0.1) is 5.92 Å². The Hall–Kier alpha value is -3.54. The van der Waals surface area contributed by atoms with Crippen molar-refractivity contribution in [2.45, 2.75) is 25.9 Å². The fourth-order valence-electron chi connectivity index (χ4n) is 3.93. The van der Waals surface area contributed by atoms with E-state index in [2.05, 4.69) is 5.32 Å². The third-order valence-corrected chi connectivity index (χ3v) is 5.58. The SMILES string of the molecule is CC(C)[C@H]1CN(C(c2ccccc2)c2ccccc2)n2ccc(=O)c(O)c2C(=O)N1. The van der Waals surface area contributed by atoms with Crippen LogP contribution < -0.4 is 15.8 Å². The molecule has 0 saturated heterocycles. The van der Waals surface area contributed by atoms with Gasteiger partial charge in [0.05, 0.1) is 18.6 Å². The first-order chi connectivity index (χ1) is 14.5. The van der Waals surface area contributed by atoms with Crippen LogP contribution in [0.3, 0.4) is 0 Å². The third kappa shape index (κ3) is 3.56. The van der Waals surface area contributed by atoms with E-state index in [0.29, 0.717) is 6.54 Å². The number of fused-ring (bicyclic) bond motifs is 1. The first-order valence-electron chi connectivity index (χ1n) is 10.1. The molecule has 1 aromatic heterocycles. The molecule has 154 valence electrons. The highest BCUT2D eigenvalue weighted by molar-refractivity contribution is 5.95. The van der Waals surface area contributed by atoms with E-state index >= 15 is 0 Å². The van der Waals surface area contributed by atoms with Crippen molar-refractivity contribution in [3.63, 3.8) is 0 Å². The second kappa shape index (κ2) is 8.06. The van der Waals surface area contributed by atoms with Crippen molar-refractivity contribution in [3.05, 3.63) is 100.0 Å². The van der Waals surface area contributed by atoms with Crippen LogP contribution in [-0.4, -0.2) is 28.3 Å². The maximum absolute atomic E-state index is 13.0. The molecule has 1 atom stereocenters. The molecular formula is C24H25N3O3. The summed E-state index contributed by atoms with van der Waals surface area (Å²) in [5, 5.41) is 15.5. The normalized spacial score (nSPS) is 16.3. The van der Waals surface area contributed by atoms with E-state index < -0.39 is 17.1 Å². The Labute approximate surface area is 175 Å². The summed E-state index contributed by atoms with van der Waals surface area (Å²) in [5.41, 5.74) is 1.48. The third-order valence-electron chi connectivity index (χ3n) is 5.58. The van der Waals surface area contributed by atoms with Crippen molar-refractivity contribution in [2.24, 2.45) is 5.92 Å². The van der Waals surface area contributed by atoms with E-state index in [1.807, 2.05) is 79.5 Å². The van der Waals surface area contributed by atoms with Gasteiger partial charge < -0.3 is 10.4 Å². The minimum absolute atomic E-state index is 0.0393. The summed E-state index contributed by atoms with van der Waals surface area (Å²) < 4.78 is 1.62. The highest BCUT2D eigenvalue weighted by Gasteiger charge is 2.34. The van der Waals surface area contributed by atoms with E-state index in [-0.39, 0.29) is 23.7 Å². The molecule has 4 rings (SSSR count). The summed E-state index contributed by atoms with van der Waals surface area (Å²) in [6.07, 6.45) is 1.57. The van der Waals surface area contributed by atoms with Crippen LogP contribution in [0.5, 0.6) is 5.75 Å². The minimum atomic E-state index is -0.574. The number of aromatic hydroxyl groups is 1. The van der Waals surface area contributed by atoms with Crippen molar-refractivity contribution >= 4 is 5.91 Å². The lowest BCUT2D eigenvalue weighted by Gasteiger charge is -2.37. The lowest BCUT2D eigenvalue weighted by atomic mass is 9.96. The van der Waals surface area contributed by atoms with Gasteiger partial charge in [-0.15, -0.1) is 0 Å². The van der Waals surface area contributed by atoms with Gasteiger partial charge in [-0.25, -0.2) is 0 Å². The molecule has 3 aromatic rings. The van der Waals surface area contributed by atoms with Gasteiger partial charge in [0.25, 0.3) is 5.91 Å². The van der Waals surface area contributed by atoms with Gasteiger partial charge in [-0.05, 0) is 17.0 Å². The zero-order valence-corrected chi connectivity index (χ0v) is 17.0. The lowest BCUT2D eigenvalue weighted by Crippen LogP contribution is -2.47. The molecule has 0 spiro atoms. The second-order valence-corrected chi connectivity index (χ2v) is 7.89. The number of rotatable bonds is 4. The molecule has 6 heteroatoms. The molecule has 1 aliphatic heterocycles. The number of hydrogen-bond donors (Lipinski definition) is 2. The molecule has 0 bridgehead atoms. The largest absolute Gasteiger partial charge is 0.502 e. The van der Waals surface area contributed by atoms with E-state index in [0.717, 1.165) is 11.1 Å². The zero-order chi connectivity index (χ0) is 21.3. The molecule has 0 aliphatic carbocycles. The van der Waals surface area contributed by atoms with Crippen molar-refractivity contribution < 1.29 is 9.90 Å². The predicted molar refractivity (Wildman–Crippen MR) is 116 cm³/mol. The number of aromatic nitrogens is 1. The molecule has 0 saturated carbocycles. The van der Waals surface area contributed by atoms with Crippen molar-refractivity contribution in [2.75, 3.05) is 11.6 Å². The first kappa shape index (κ1) is 19.8. The van der Waals surface area contributed by atoms with Gasteiger partial charge in [-0.3, -0.25) is 19.3 Å². The van der Waals surface area contributed by atoms with Gasteiger partial charge in [0.2, 0.25) is 5.43 Å². The summed E-state index contributed by atoms with van der Waals surface area (Å²) in [6, 6.07) is 21.0. The molecule has 0 fully saturated rings. The number of benzene rings is 2. The summed E-state index contributed by atoms with van der Waals surface area (Å²) >= 11 is 0. The fraction of sp³-hybridized carbons (Fsp3) is 0.250. The second-order valence-electron chi connectivity index (χ2n) is 7.89. The number of carbonyl (C=O) groups excluding carboxylic acids is 1. The predicted octanol–water partition coefficient (Wildman–Crippen LogP) is 3.05. The summed E-state index contributed by atoms with van der Waals surface area (Å²) in [7, 11) is 0. The van der Waals surface area contributed by atoms with E-state index in [1.54, 1.807) is 10.9 Å². The quantitative estimate of drug-likeness (QED) is 0.702. The number of carbonyl (C=O) groups is 1. The van der Waals surface area contributed by atoms with Crippen molar-refractivity contribution in [1.29, 1.82) is 0 Å². The van der Waals surface area contributed by atoms with Gasteiger partial charge in [0, 0.05) is 12.3 Å². The molecule has 1 amide bonds. The number of amides is 1. The van der Waals surface area contributed by atoms with E-state index in [9.17, 15) is 14.7 Å². The lowest BCUT2D eigenvalue weighted by molar-refractivity contribution is 0.0924. The number of pyridine rings is 1. The Morgan fingerprint density at radius 3 is 2.03 bits per heavy atom.